The van der Waals surface area contributed by atoms with Crippen molar-refractivity contribution in [2.75, 3.05) is 0 Å². The van der Waals surface area contributed by atoms with Crippen LogP contribution in [0.4, 0.5) is 0 Å². The molecule has 4 saturated carbocycles. The molecule has 25 heavy (non-hydrogen) atoms. The molecule has 1 N–H and O–H groups in total. The molecule has 1 amide bonds. The highest BCUT2D eigenvalue weighted by Crippen LogP contribution is 2.55. The zero-order valence-corrected chi connectivity index (χ0v) is 16.1. The van der Waals surface area contributed by atoms with E-state index in [0.717, 1.165) is 29.7 Å². The Balaban J connectivity index is 1.42. The predicted molar refractivity (Wildman–Crippen MR) is 102 cm³/mol. The third-order valence-electron chi connectivity index (χ3n) is 6.94. The number of hydrogen-bond donors (Lipinski definition) is 1. The fourth-order valence-electron chi connectivity index (χ4n) is 6.20. The summed E-state index contributed by atoms with van der Waals surface area (Å²) in [7, 11) is 0. The first-order chi connectivity index (χ1) is 11.9. The maximum absolute atomic E-state index is 13.0. The molecule has 0 aliphatic heterocycles. The van der Waals surface area contributed by atoms with Crippen molar-refractivity contribution in [2.45, 2.75) is 77.2 Å². The van der Waals surface area contributed by atoms with Crippen LogP contribution < -0.4 is 5.32 Å². The minimum absolute atomic E-state index is 0.0545. The lowest BCUT2D eigenvalue weighted by atomic mass is 9.53. The van der Waals surface area contributed by atoms with E-state index in [9.17, 15) is 4.79 Å². The average Bonchev–Trinajstić information content (AvgIpc) is 2.52. The molecular formula is C23H33NO. The molecule has 136 valence electrons. The molecule has 4 aliphatic rings. The lowest BCUT2D eigenvalue weighted by Crippen LogP contribution is -2.60. The van der Waals surface area contributed by atoms with Crippen molar-refractivity contribution in [3.8, 4) is 0 Å². The van der Waals surface area contributed by atoms with Crippen molar-refractivity contribution in [2.24, 2.45) is 23.7 Å². The van der Waals surface area contributed by atoms with E-state index >= 15 is 0 Å². The van der Waals surface area contributed by atoms with E-state index in [2.05, 4.69) is 50.4 Å². The summed E-state index contributed by atoms with van der Waals surface area (Å²) in [5.74, 6) is 3.47. The fraction of sp³-hybridized carbons (Fsp3) is 0.696. The van der Waals surface area contributed by atoms with Crippen LogP contribution in [0.15, 0.2) is 24.3 Å². The van der Waals surface area contributed by atoms with Crippen LogP contribution in [0.25, 0.3) is 0 Å². The Bertz CT molecular complexity index is 595. The van der Waals surface area contributed by atoms with Gasteiger partial charge in [0.15, 0.2) is 0 Å². The maximum atomic E-state index is 13.0. The lowest BCUT2D eigenvalue weighted by Gasteiger charge is -2.57. The van der Waals surface area contributed by atoms with Gasteiger partial charge in [-0.1, -0.05) is 38.1 Å². The van der Waals surface area contributed by atoms with Gasteiger partial charge in [0.25, 0.3) is 0 Å². The van der Waals surface area contributed by atoms with Gasteiger partial charge in [-0.2, -0.15) is 0 Å². The number of amides is 1. The van der Waals surface area contributed by atoms with Gasteiger partial charge in [0.2, 0.25) is 5.91 Å². The normalized spacial score (nSPS) is 34.3. The first-order valence-electron chi connectivity index (χ1n) is 10.3. The van der Waals surface area contributed by atoms with Crippen LogP contribution in [0.2, 0.25) is 0 Å². The molecular weight excluding hydrogens is 306 g/mol. The molecule has 1 aromatic carbocycles. The zero-order chi connectivity index (χ0) is 17.6. The maximum Gasteiger partial charge on any atom is 0.227 e. The Morgan fingerprint density at radius 2 is 1.52 bits per heavy atom. The first-order valence-corrected chi connectivity index (χ1v) is 10.3. The Labute approximate surface area is 152 Å². The van der Waals surface area contributed by atoms with Gasteiger partial charge in [0.05, 0.1) is 5.92 Å². The summed E-state index contributed by atoms with van der Waals surface area (Å²) in [5.41, 5.74) is 2.64. The van der Waals surface area contributed by atoms with Gasteiger partial charge in [0, 0.05) is 5.54 Å². The molecule has 0 radical (unpaired) electrons. The molecule has 0 heterocycles. The van der Waals surface area contributed by atoms with E-state index in [4.69, 9.17) is 0 Å². The summed E-state index contributed by atoms with van der Waals surface area (Å²) in [6, 6.07) is 8.71. The molecule has 2 heteroatoms. The molecule has 1 atom stereocenters. The highest BCUT2D eigenvalue weighted by Gasteiger charge is 2.51. The van der Waals surface area contributed by atoms with Crippen LogP contribution >= 0.6 is 0 Å². The highest BCUT2D eigenvalue weighted by molar-refractivity contribution is 5.84. The second-order valence-electron chi connectivity index (χ2n) is 9.75. The summed E-state index contributed by atoms with van der Waals surface area (Å²) in [6.45, 7) is 6.55. The van der Waals surface area contributed by atoms with E-state index in [1.807, 2.05) is 0 Å². The minimum Gasteiger partial charge on any atom is -0.350 e. The van der Waals surface area contributed by atoms with Crippen LogP contribution in [0.5, 0.6) is 0 Å². The second kappa shape index (κ2) is 6.45. The lowest BCUT2D eigenvalue weighted by molar-refractivity contribution is -0.128. The molecule has 4 aliphatic carbocycles. The SMILES string of the molecule is CC(C)Cc1ccc(C(C)C(=O)NC23CC4CC(CC(C4)C2)C3)cc1. The highest BCUT2D eigenvalue weighted by atomic mass is 16.2. The Hall–Kier alpha value is -1.31. The average molecular weight is 340 g/mol. The van der Waals surface area contributed by atoms with Gasteiger partial charge in [-0.25, -0.2) is 0 Å². The van der Waals surface area contributed by atoms with Crippen molar-refractivity contribution in [1.82, 2.24) is 5.32 Å². The van der Waals surface area contributed by atoms with Crippen LogP contribution in [0, 0.1) is 23.7 Å². The summed E-state index contributed by atoms with van der Waals surface area (Å²) in [5, 5.41) is 3.53. The van der Waals surface area contributed by atoms with E-state index in [1.165, 1.54) is 44.1 Å². The van der Waals surface area contributed by atoms with E-state index < -0.39 is 0 Å². The molecule has 1 aromatic rings. The summed E-state index contributed by atoms with van der Waals surface area (Å²) in [6.07, 6.45) is 9.04. The van der Waals surface area contributed by atoms with Crippen LogP contribution in [0.3, 0.4) is 0 Å². The molecule has 4 bridgehead atoms. The Morgan fingerprint density at radius 3 is 2.00 bits per heavy atom. The van der Waals surface area contributed by atoms with Crippen LogP contribution in [-0.2, 0) is 11.2 Å². The van der Waals surface area contributed by atoms with Crippen molar-refractivity contribution in [3.63, 3.8) is 0 Å². The van der Waals surface area contributed by atoms with Gasteiger partial charge in [-0.3, -0.25) is 4.79 Å². The fourth-order valence-corrected chi connectivity index (χ4v) is 6.20. The summed E-state index contributed by atoms with van der Waals surface area (Å²) >= 11 is 0. The largest absolute Gasteiger partial charge is 0.350 e. The third-order valence-corrected chi connectivity index (χ3v) is 6.94. The molecule has 4 fully saturated rings. The molecule has 0 saturated heterocycles. The van der Waals surface area contributed by atoms with Gasteiger partial charge in [-0.15, -0.1) is 0 Å². The topological polar surface area (TPSA) is 29.1 Å². The molecule has 0 spiro atoms. The standard InChI is InChI=1S/C23H33NO/c1-15(2)8-17-4-6-21(7-5-17)16(3)22(25)24-23-12-18-9-19(13-23)11-20(10-18)14-23/h4-7,15-16,18-20H,8-14H2,1-3H3,(H,24,25). The second-order valence-corrected chi connectivity index (χ2v) is 9.75. The van der Waals surface area contributed by atoms with Crippen molar-refractivity contribution < 1.29 is 4.79 Å². The van der Waals surface area contributed by atoms with Crippen LogP contribution in [-0.4, -0.2) is 11.4 Å². The minimum atomic E-state index is -0.0545. The van der Waals surface area contributed by atoms with Crippen molar-refractivity contribution in [1.29, 1.82) is 0 Å². The van der Waals surface area contributed by atoms with Crippen molar-refractivity contribution in [3.05, 3.63) is 35.4 Å². The molecule has 2 nitrogen and oxygen atoms in total. The van der Waals surface area contributed by atoms with E-state index in [0.29, 0.717) is 5.92 Å². The predicted octanol–water partition coefficient (Wildman–Crippen LogP) is 5.07. The zero-order valence-electron chi connectivity index (χ0n) is 16.1. The van der Waals surface area contributed by atoms with Crippen molar-refractivity contribution >= 4 is 5.91 Å². The molecule has 1 unspecified atom stereocenters. The molecule has 5 rings (SSSR count). The Kier molecular flexibility index (Phi) is 4.42. The number of carbonyl (C=O) groups excluding carboxylic acids is 1. The quantitative estimate of drug-likeness (QED) is 0.797. The number of benzene rings is 1. The van der Waals surface area contributed by atoms with E-state index in [1.54, 1.807) is 0 Å². The first kappa shape index (κ1) is 17.1. The number of rotatable bonds is 5. The Morgan fingerprint density at radius 1 is 1.00 bits per heavy atom. The number of hydrogen-bond acceptors (Lipinski definition) is 1. The van der Waals surface area contributed by atoms with Gasteiger partial charge >= 0.3 is 0 Å². The number of carbonyl (C=O) groups is 1. The monoisotopic (exact) mass is 339 g/mol. The van der Waals surface area contributed by atoms with Crippen LogP contribution in [0.1, 0.15) is 76.3 Å². The van der Waals surface area contributed by atoms with Gasteiger partial charge in [-0.05, 0) is 86.7 Å². The third kappa shape index (κ3) is 3.50. The van der Waals surface area contributed by atoms with Gasteiger partial charge in [0.1, 0.15) is 0 Å². The number of nitrogens with one attached hydrogen (secondary N) is 1. The van der Waals surface area contributed by atoms with E-state index in [-0.39, 0.29) is 17.4 Å². The summed E-state index contributed by atoms with van der Waals surface area (Å²) in [4.78, 5) is 13.0. The molecule has 0 aromatic heterocycles. The van der Waals surface area contributed by atoms with Gasteiger partial charge < -0.3 is 5.32 Å². The smallest absolute Gasteiger partial charge is 0.227 e. The summed E-state index contributed by atoms with van der Waals surface area (Å²) < 4.78 is 0.